The van der Waals surface area contributed by atoms with Crippen molar-refractivity contribution < 1.29 is 23.9 Å². The average molecular weight is 412 g/mol. The van der Waals surface area contributed by atoms with Crippen molar-refractivity contribution in [2.75, 3.05) is 19.0 Å². The van der Waals surface area contributed by atoms with E-state index in [4.69, 9.17) is 9.47 Å². The SMILES string of the molecule is CC(c1ccccc1)N(C)C(=O)COC(=O)c1ccc(NC(=O)OC(C)(C)C)cc1. The zero-order valence-electron chi connectivity index (χ0n) is 18.0. The van der Waals surface area contributed by atoms with Crippen molar-refractivity contribution in [3.63, 3.8) is 0 Å². The zero-order valence-corrected chi connectivity index (χ0v) is 18.0. The first-order valence-electron chi connectivity index (χ1n) is 9.64. The van der Waals surface area contributed by atoms with Crippen LogP contribution in [-0.2, 0) is 14.3 Å². The fourth-order valence-corrected chi connectivity index (χ4v) is 2.59. The van der Waals surface area contributed by atoms with Crippen LogP contribution in [0.3, 0.4) is 0 Å². The van der Waals surface area contributed by atoms with Crippen LogP contribution in [0.4, 0.5) is 10.5 Å². The van der Waals surface area contributed by atoms with E-state index in [1.165, 1.54) is 17.0 Å². The second-order valence-corrected chi connectivity index (χ2v) is 7.87. The molecule has 0 aliphatic carbocycles. The number of nitrogens with zero attached hydrogens (tertiary/aromatic N) is 1. The number of nitrogens with one attached hydrogen (secondary N) is 1. The molecule has 0 aromatic heterocycles. The van der Waals surface area contributed by atoms with Crippen molar-refractivity contribution in [2.45, 2.75) is 39.3 Å². The van der Waals surface area contributed by atoms with Gasteiger partial charge in [0, 0.05) is 12.7 Å². The zero-order chi connectivity index (χ0) is 22.3. The predicted octanol–water partition coefficient (Wildman–Crippen LogP) is 4.41. The molecule has 0 radical (unpaired) electrons. The molecule has 30 heavy (non-hydrogen) atoms. The number of hydrogen-bond donors (Lipinski definition) is 1. The number of anilines is 1. The van der Waals surface area contributed by atoms with Crippen LogP contribution in [0.15, 0.2) is 54.6 Å². The number of rotatable bonds is 6. The molecule has 0 bridgehead atoms. The monoisotopic (exact) mass is 412 g/mol. The van der Waals surface area contributed by atoms with Crippen LogP contribution in [0.5, 0.6) is 0 Å². The summed E-state index contributed by atoms with van der Waals surface area (Å²) >= 11 is 0. The van der Waals surface area contributed by atoms with E-state index in [1.54, 1.807) is 40.0 Å². The van der Waals surface area contributed by atoms with E-state index in [-0.39, 0.29) is 24.1 Å². The normalized spacial score (nSPS) is 11.9. The second-order valence-electron chi connectivity index (χ2n) is 7.87. The van der Waals surface area contributed by atoms with Crippen LogP contribution in [0.2, 0.25) is 0 Å². The average Bonchev–Trinajstić information content (AvgIpc) is 2.70. The molecule has 0 fully saturated rings. The van der Waals surface area contributed by atoms with E-state index >= 15 is 0 Å². The molecule has 7 nitrogen and oxygen atoms in total. The number of esters is 1. The van der Waals surface area contributed by atoms with E-state index < -0.39 is 17.7 Å². The van der Waals surface area contributed by atoms with Crippen molar-refractivity contribution >= 4 is 23.7 Å². The number of amides is 2. The molecule has 0 aliphatic rings. The highest BCUT2D eigenvalue weighted by Crippen LogP contribution is 2.18. The minimum Gasteiger partial charge on any atom is -0.452 e. The molecule has 1 atom stereocenters. The summed E-state index contributed by atoms with van der Waals surface area (Å²) in [5.41, 5.74) is 1.14. The van der Waals surface area contributed by atoms with Gasteiger partial charge < -0.3 is 14.4 Å². The van der Waals surface area contributed by atoms with Crippen LogP contribution < -0.4 is 5.32 Å². The van der Waals surface area contributed by atoms with Gasteiger partial charge in [0.25, 0.3) is 5.91 Å². The summed E-state index contributed by atoms with van der Waals surface area (Å²) in [7, 11) is 1.67. The maximum absolute atomic E-state index is 12.4. The number of ether oxygens (including phenoxy) is 2. The smallest absolute Gasteiger partial charge is 0.412 e. The standard InChI is InChI=1S/C23H28N2O5/c1-16(17-9-7-6-8-10-17)25(5)20(26)15-29-21(27)18-11-13-19(14-12-18)24-22(28)30-23(2,3)4/h6-14,16H,15H2,1-5H3,(H,24,28). The van der Waals surface area contributed by atoms with E-state index in [9.17, 15) is 14.4 Å². The Hall–Kier alpha value is -3.35. The first-order chi connectivity index (χ1) is 14.1. The Morgan fingerprint density at radius 2 is 1.60 bits per heavy atom. The summed E-state index contributed by atoms with van der Waals surface area (Å²) < 4.78 is 10.3. The van der Waals surface area contributed by atoms with Crippen molar-refractivity contribution in [2.24, 2.45) is 0 Å². The number of likely N-dealkylation sites (N-methyl/N-ethyl adjacent to an activating group) is 1. The maximum atomic E-state index is 12.4. The molecule has 1 N–H and O–H groups in total. The highest BCUT2D eigenvalue weighted by Gasteiger charge is 2.19. The van der Waals surface area contributed by atoms with E-state index in [1.807, 2.05) is 37.3 Å². The molecule has 2 aromatic rings. The Balaban J connectivity index is 1.87. The third kappa shape index (κ3) is 6.92. The molecule has 7 heteroatoms. The van der Waals surface area contributed by atoms with E-state index in [0.717, 1.165) is 5.56 Å². The highest BCUT2D eigenvalue weighted by molar-refractivity contribution is 5.92. The lowest BCUT2D eigenvalue weighted by Gasteiger charge is -2.25. The van der Waals surface area contributed by atoms with Gasteiger partial charge in [-0.05, 0) is 57.5 Å². The van der Waals surface area contributed by atoms with Gasteiger partial charge in [0.15, 0.2) is 6.61 Å². The third-order valence-corrected chi connectivity index (χ3v) is 4.35. The molecule has 0 aliphatic heterocycles. The lowest BCUT2D eigenvalue weighted by molar-refractivity contribution is -0.135. The van der Waals surface area contributed by atoms with Gasteiger partial charge in [0.1, 0.15) is 5.60 Å². The van der Waals surface area contributed by atoms with Gasteiger partial charge in [-0.2, -0.15) is 0 Å². The van der Waals surface area contributed by atoms with Crippen molar-refractivity contribution in [1.82, 2.24) is 4.90 Å². The van der Waals surface area contributed by atoms with Gasteiger partial charge in [-0.25, -0.2) is 9.59 Å². The van der Waals surface area contributed by atoms with Crippen molar-refractivity contribution in [3.8, 4) is 0 Å². The Morgan fingerprint density at radius 3 is 2.17 bits per heavy atom. The summed E-state index contributed by atoms with van der Waals surface area (Å²) in [5, 5.41) is 2.58. The minimum absolute atomic E-state index is 0.143. The Morgan fingerprint density at radius 1 is 1.00 bits per heavy atom. The minimum atomic E-state index is -0.618. The van der Waals surface area contributed by atoms with Crippen LogP contribution in [0, 0.1) is 0 Å². The van der Waals surface area contributed by atoms with Crippen LogP contribution >= 0.6 is 0 Å². The molecule has 2 rings (SSSR count). The molecule has 160 valence electrons. The lowest BCUT2D eigenvalue weighted by Crippen LogP contribution is -2.33. The number of benzene rings is 2. The summed E-state index contributed by atoms with van der Waals surface area (Å²) in [4.78, 5) is 37.9. The van der Waals surface area contributed by atoms with Gasteiger partial charge in [-0.15, -0.1) is 0 Å². The van der Waals surface area contributed by atoms with Crippen LogP contribution in [-0.4, -0.2) is 42.1 Å². The third-order valence-electron chi connectivity index (χ3n) is 4.35. The first-order valence-corrected chi connectivity index (χ1v) is 9.64. The van der Waals surface area contributed by atoms with Gasteiger partial charge >= 0.3 is 12.1 Å². The summed E-state index contributed by atoms with van der Waals surface area (Å²) in [6, 6.07) is 15.6. The number of carbonyl (C=O) groups is 3. The number of hydrogen-bond acceptors (Lipinski definition) is 5. The van der Waals surface area contributed by atoms with Gasteiger partial charge in [0.05, 0.1) is 11.6 Å². The maximum Gasteiger partial charge on any atom is 0.412 e. The molecular formula is C23H28N2O5. The fourth-order valence-electron chi connectivity index (χ4n) is 2.59. The van der Waals surface area contributed by atoms with Gasteiger partial charge in [0.2, 0.25) is 0 Å². The second kappa shape index (κ2) is 9.91. The Bertz CT molecular complexity index is 873. The molecule has 2 amide bonds. The molecule has 0 heterocycles. The molecule has 0 saturated carbocycles. The Kier molecular flexibility index (Phi) is 7.58. The van der Waals surface area contributed by atoms with Gasteiger partial charge in [-0.3, -0.25) is 10.1 Å². The quantitative estimate of drug-likeness (QED) is 0.711. The lowest BCUT2D eigenvalue weighted by atomic mass is 10.1. The molecule has 0 spiro atoms. The number of carbonyl (C=O) groups excluding carboxylic acids is 3. The van der Waals surface area contributed by atoms with Gasteiger partial charge in [-0.1, -0.05) is 30.3 Å². The molecule has 0 saturated heterocycles. The van der Waals surface area contributed by atoms with E-state index in [2.05, 4.69) is 5.32 Å². The topological polar surface area (TPSA) is 84.9 Å². The van der Waals surface area contributed by atoms with E-state index in [0.29, 0.717) is 5.69 Å². The summed E-state index contributed by atoms with van der Waals surface area (Å²) in [6.45, 7) is 6.86. The summed E-state index contributed by atoms with van der Waals surface area (Å²) in [6.07, 6.45) is -0.584. The fraction of sp³-hybridized carbons (Fsp3) is 0.348. The highest BCUT2D eigenvalue weighted by atomic mass is 16.6. The first kappa shape index (κ1) is 22.9. The molecule has 1 unspecified atom stereocenters. The van der Waals surface area contributed by atoms with Crippen LogP contribution in [0.1, 0.15) is 49.7 Å². The van der Waals surface area contributed by atoms with Crippen molar-refractivity contribution in [1.29, 1.82) is 0 Å². The van der Waals surface area contributed by atoms with Crippen LogP contribution in [0.25, 0.3) is 0 Å². The predicted molar refractivity (Wildman–Crippen MR) is 114 cm³/mol. The molecular weight excluding hydrogens is 384 g/mol. The summed E-state index contributed by atoms with van der Waals surface area (Å²) in [5.74, 6) is -0.921. The largest absolute Gasteiger partial charge is 0.452 e. The Labute approximate surface area is 177 Å². The molecule has 2 aromatic carbocycles. The van der Waals surface area contributed by atoms with Crippen molar-refractivity contribution in [3.05, 3.63) is 65.7 Å².